The maximum absolute atomic E-state index is 9.05. The molecule has 1 aromatic carbocycles. The van der Waals surface area contributed by atoms with Crippen molar-refractivity contribution < 1.29 is 5.11 Å². The number of aliphatic hydroxyl groups is 1. The van der Waals surface area contributed by atoms with Gasteiger partial charge in [0.2, 0.25) is 0 Å². The maximum Gasteiger partial charge on any atom is 0.0682 e. The van der Waals surface area contributed by atoms with Crippen LogP contribution in [0.1, 0.15) is 25.3 Å². The van der Waals surface area contributed by atoms with E-state index in [9.17, 15) is 0 Å². The highest BCUT2D eigenvalue weighted by Gasteiger charge is 2.20. The van der Waals surface area contributed by atoms with Crippen molar-refractivity contribution in [3.63, 3.8) is 0 Å². The highest BCUT2D eigenvalue weighted by atomic mass is 16.3. The number of hydrogen-bond acceptors (Lipinski definition) is 2. The summed E-state index contributed by atoms with van der Waals surface area (Å²) in [5.74, 6) is 0. The normalized spacial score (nSPS) is 21.6. The molecule has 0 saturated carbocycles. The summed E-state index contributed by atoms with van der Waals surface area (Å²) in [5.41, 5.74) is 2.25. The van der Waals surface area contributed by atoms with E-state index < -0.39 is 0 Å². The summed E-state index contributed by atoms with van der Waals surface area (Å²) in [5, 5.41) is 9.05. The molecule has 0 bridgehead atoms. The fraction of sp³-hybridized carbons (Fsp3) is 0.500. The average Bonchev–Trinajstić information content (AvgIpc) is 2.65. The van der Waals surface area contributed by atoms with Crippen LogP contribution in [0, 0.1) is 0 Å². The number of rotatable bonds is 2. The summed E-state index contributed by atoms with van der Waals surface area (Å²) in [4.78, 5) is 2.42. The van der Waals surface area contributed by atoms with E-state index in [1.807, 2.05) is 12.1 Å². The molecule has 2 nitrogen and oxygen atoms in total. The molecule has 1 aromatic rings. The number of anilines is 1. The lowest BCUT2D eigenvalue weighted by molar-refractivity contribution is 0.282. The Morgan fingerprint density at radius 1 is 1.50 bits per heavy atom. The van der Waals surface area contributed by atoms with Crippen LogP contribution in [0.15, 0.2) is 24.3 Å². The minimum atomic E-state index is 0.135. The number of aliphatic hydroxyl groups excluding tert-OH is 1. The summed E-state index contributed by atoms with van der Waals surface area (Å²) in [6, 6.07) is 8.84. The van der Waals surface area contributed by atoms with Gasteiger partial charge in [0, 0.05) is 18.3 Å². The van der Waals surface area contributed by atoms with E-state index in [4.69, 9.17) is 5.11 Å². The predicted octanol–water partition coefficient (Wildman–Crippen LogP) is 2.17. The second-order valence-corrected chi connectivity index (χ2v) is 4.01. The molecule has 2 rings (SSSR count). The first-order valence-corrected chi connectivity index (χ1v) is 5.27. The zero-order valence-corrected chi connectivity index (χ0v) is 8.61. The maximum atomic E-state index is 9.05. The van der Waals surface area contributed by atoms with Gasteiger partial charge in [-0.3, -0.25) is 0 Å². The lowest BCUT2D eigenvalue weighted by atomic mass is 10.2. The molecule has 0 amide bonds. The molecular formula is C12H17NO. The van der Waals surface area contributed by atoms with Crippen LogP contribution in [-0.4, -0.2) is 17.7 Å². The first-order chi connectivity index (χ1) is 6.81. The van der Waals surface area contributed by atoms with Gasteiger partial charge in [-0.05, 0) is 37.5 Å². The molecule has 2 heteroatoms. The van der Waals surface area contributed by atoms with Gasteiger partial charge in [-0.25, -0.2) is 0 Å². The van der Waals surface area contributed by atoms with Gasteiger partial charge in [0.15, 0.2) is 0 Å². The monoisotopic (exact) mass is 191 g/mol. The summed E-state index contributed by atoms with van der Waals surface area (Å²) < 4.78 is 0. The molecule has 1 saturated heterocycles. The van der Waals surface area contributed by atoms with Crippen molar-refractivity contribution in [2.24, 2.45) is 0 Å². The van der Waals surface area contributed by atoms with Crippen molar-refractivity contribution in [3.05, 3.63) is 29.8 Å². The number of hydrogen-bond donors (Lipinski definition) is 1. The van der Waals surface area contributed by atoms with Crippen LogP contribution in [0.5, 0.6) is 0 Å². The van der Waals surface area contributed by atoms with Crippen LogP contribution >= 0.6 is 0 Å². The van der Waals surface area contributed by atoms with Gasteiger partial charge in [0.05, 0.1) is 6.61 Å². The Kier molecular flexibility index (Phi) is 2.73. The standard InChI is InChI=1S/C12H17NO/c1-10-4-3-7-13(10)12-6-2-5-11(8-12)9-14/h2,5-6,8,10,14H,3-4,7,9H2,1H3. The molecule has 76 valence electrons. The molecule has 1 aliphatic heterocycles. The molecule has 1 aliphatic rings. The van der Waals surface area contributed by atoms with E-state index in [0.717, 1.165) is 12.1 Å². The number of benzene rings is 1. The van der Waals surface area contributed by atoms with Crippen LogP contribution in [0.3, 0.4) is 0 Å². The summed E-state index contributed by atoms with van der Waals surface area (Å²) in [6.07, 6.45) is 2.56. The highest BCUT2D eigenvalue weighted by molar-refractivity contribution is 5.50. The first kappa shape index (κ1) is 9.53. The van der Waals surface area contributed by atoms with E-state index >= 15 is 0 Å². The van der Waals surface area contributed by atoms with E-state index in [0.29, 0.717) is 6.04 Å². The summed E-state index contributed by atoms with van der Waals surface area (Å²) >= 11 is 0. The zero-order valence-electron chi connectivity index (χ0n) is 8.61. The Morgan fingerprint density at radius 3 is 3.00 bits per heavy atom. The molecule has 1 N–H and O–H groups in total. The van der Waals surface area contributed by atoms with Gasteiger partial charge < -0.3 is 10.0 Å². The van der Waals surface area contributed by atoms with Gasteiger partial charge in [0.1, 0.15) is 0 Å². The highest BCUT2D eigenvalue weighted by Crippen LogP contribution is 2.25. The third-order valence-corrected chi connectivity index (χ3v) is 2.98. The van der Waals surface area contributed by atoms with Crippen LogP contribution in [0.2, 0.25) is 0 Å². The van der Waals surface area contributed by atoms with Gasteiger partial charge in [-0.1, -0.05) is 12.1 Å². The van der Waals surface area contributed by atoms with Crippen LogP contribution in [0.4, 0.5) is 5.69 Å². The molecule has 0 aliphatic carbocycles. The third kappa shape index (κ3) is 1.75. The lowest BCUT2D eigenvalue weighted by Gasteiger charge is -2.24. The second-order valence-electron chi connectivity index (χ2n) is 4.01. The van der Waals surface area contributed by atoms with Crippen LogP contribution < -0.4 is 4.90 Å². The topological polar surface area (TPSA) is 23.5 Å². The van der Waals surface area contributed by atoms with Crippen molar-refractivity contribution >= 4 is 5.69 Å². The largest absolute Gasteiger partial charge is 0.392 e. The van der Waals surface area contributed by atoms with E-state index in [-0.39, 0.29) is 6.61 Å². The molecule has 0 aromatic heterocycles. The Balaban J connectivity index is 2.22. The van der Waals surface area contributed by atoms with E-state index in [1.165, 1.54) is 18.5 Å². The molecule has 14 heavy (non-hydrogen) atoms. The molecule has 1 heterocycles. The van der Waals surface area contributed by atoms with Crippen molar-refractivity contribution in [2.45, 2.75) is 32.4 Å². The van der Waals surface area contributed by atoms with Gasteiger partial charge in [-0.2, -0.15) is 0 Å². The quantitative estimate of drug-likeness (QED) is 0.774. The van der Waals surface area contributed by atoms with Crippen molar-refractivity contribution in [3.8, 4) is 0 Å². The predicted molar refractivity (Wildman–Crippen MR) is 58.4 cm³/mol. The van der Waals surface area contributed by atoms with Gasteiger partial charge in [0.25, 0.3) is 0 Å². The molecule has 1 atom stereocenters. The molecule has 0 spiro atoms. The fourth-order valence-corrected chi connectivity index (χ4v) is 2.15. The summed E-state index contributed by atoms with van der Waals surface area (Å²) in [7, 11) is 0. The van der Waals surface area contributed by atoms with E-state index in [1.54, 1.807) is 0 Å². The van der Waals surface area contributed by atoms with Gasteiger partial charge >= 0.3 is 0 Å². The average molecular weight is 191 g/mol. The Bertz CT molecular complexity index is 311. The smallest absolute Gasteiger partial charge is 0.0682 e. The molecule has 0 radical (unpaired) electrons. The minimum absolute atomic E-state index is 0.135. The SMILES string of the molecule is CC1CCCN1c1cccc(CO)c1. The Morgan fingerprint density at radius 2 is 2.36 bits per heavy atom. The van der Waals surface area contributed by atoms with Crippen molar-refractivity contribution in [2.75, 3.05) is 11.4 Å². The van der Waals surface area contributed by atoms with Crippen molar-refractivity contribution in [1.29, 1.82) is 0 Å². The first-order valence-electron chi connectivity index (χ1n) is 5.27. The summed E-state index contributed by atoms with van der Waals surface area (Å²) in [6.45, 7) is 3.55. The van der Waals surface area contributed by atoms with Crippen LogP contribution in [-0.2, 0) is 6.61 Å². The minimum Gasteiger partial charge on any atom is -0.392 e. The molecule has 1 fully saturated rings. The lowest BCUT2D eigenvalue weighted by Crippen LogP contribution is -2.26. The van der Waals surface area contributed by atoms with E-state index in [2.05, 4.69) is 24.0 Å². The Labute approximate surface area is 85.2 Å². The van der Waals surface area contributed by atoms with Gasteiger partial charge in [-0.15, -0.1) is 0 Å². The Hall–Kier alpha value is -1.02. The molecule has 1 unspecified atom stereocenters. The second kappa shape index (κ2) is 4.01. The fourth-order valence-electron chi connectivity index (χ4n) is 2.15. The third-order valence-electron chi connectivity index (χ3n) is 2.98. The number of nitrogens with zero attached hydrogens (tertiary/aromatic N) is 1. The van der Waals surface area contributed by atoms with Crippen molar-refractivity contribution in [1.82, 2.24) is 0 Å². The van der Waals surface area contributed by atoms with Crippen LogP contribution in [0.25, 0.3) is 0 Å². The molecular weight excluding hydrogens is 174 g/mol. The zero-order chi connectivity index (χ0) is 9.97.